The van der Waals surface area contributed by atoms with Gasteiger partial charge in [-0.25, -0.2) is 0 Å². The van der Waals surface area contributed by atoms with E-state index in [1.54, 1.807) is 42.5 Å². The summed E-state index contributed by atoms with van der Waals surface area (Å²) in [6.07, 6.45) is 0. The van der Waals surface area contributed by atoms with Crippen molar-refractivity contribution < 1.29 is 19.4 Å². The molecule has 0 heterocycles. The largest absolute Gasteiger partial charge is 0.497 e. The van der Waals surface area contributed by atoms with Crippen LogP contribution in [0.3, 0.4) is 0 Å². The van der Waals surface area contributed by atoms with Crippen LogP contribution in [0.15, 0.2) is 42.5 Å². The lowest BCUT2D eigenvalue weighted by molar-refractivity contribution is 0.102. The highest BCUT2D eigenvalue weighted by atomic mass is 16.5. The molecule has 0 spiro atoms. The van der Waals surface area contributed by atoms with E-state index in [0.717, 1.165) is 5.56 Å². The van der Waals surface area contributed by atoms with E-state index >= 15 is 0 Å². The summed E-state index contributed by atoms with van der Waals surface area (Å²) < 4.78 is 10.3. The average Bonchev–Trinajstić information content (AvgIpc) is 2.54. The molecule has 0 aliphatic heterocycles. The van der Waals surface area contributed by atoms with Gasteiger partial charge in [-0.2, -0.15) is 0 Å². The lowest BCUT2D eigenvalue weighted by Gasteiger charge is -2.11. The summed E-state index contributed by atoms with van der Waals surface area (Å²) in [5.41, 5.74) is 1.82. The van der Waals surface area contributed by atoms with E-state index in [9.17, 15) is 4.79 Å². The SMILES string of the molecule is COc1ccc(OC)c(C(=O)Nc2ccc(CO)cc2)c1. The van der Waals surface area contributed by atoms with Crippen LogP contribution in [0.4, 0.5) is 5.69 Å². The van der Waals surface area contributed by atoms with E-state index < -0.39 is 0 Å². The van der Waals surface area contributed by atoms with E-state index in [1.165, 1.54) is 14.2 Å². The van der Waals surface area contributed by atoms with Gasteiger partial charge in [-0.15, -0.1) is 0 Å². The van der Waals surface area contributed by atoms with Crippen molar-refractivity contribution in [3.8, 4) is 11.5 Å². The van der Waals surface area contributed by atoms with E-state index in [1.807, 2.05) is 0 Å². The van der Waals surface area contributed by atoms with Crippen LogP contribution in [-0.2, 0) is 6.61 Å². The number of ether oxygens (including phenoxy) is 2. The monoisotopic (exact) mass is 287 g/mol. The van der Waals surface area contributed by atoms with Crippen LogP contribution in [0.5, 0.6) is 11.5 Å². The maximum absolute atomic E-state index is 12.3. The molecule has 0 aliphatic rings. The first-order valence-corrected chi connectivity index (χ1v) is 6.41. The number of rotatable bonds is 5. The molecule has 0 radical (unpaired) electrons. The van der Waals surface area contributed by atoms with Gasteiger partial charge < -0.3 is 19.9 Å². The average molecular weight is 287 g/mol. The quantitative estimate of drug-likeness (QED) is 0.886. The van der Waals surface area contributed by atoms with Gasteiger partial charge in [0, 0.05) is 5.69 Å². The summed E-state index contributed by atoms with van der Waals surface area (Å²) in [5, 5.41) is 11.8. The second-order valence-electron chi connectivity index (χ2n) is 4.38. The van der Waals surface area contributed by atoms with Gasteiger partial charge in [0.05, 0.1) is 26.4 Å². The molecule has 0 fully saturated rings. The summed E-state index contributed by atoms with van der Waals surface area (Å²) in [7, 11) is 3.05. The number of hydrogen-bond donors (Lipinski definition) is 2. The van der Waals surface area contributed by atoms with Crippen molar-refractivity contribution in [1.82, 2.24) is 0 Å². The Labute approximate surface area is 123 Å². The molecule has 0 saturated carbocycles. The topological polar surface area (TPSA) is 67.8 Å². The minimum atomic E-state index is -0.289. The van der Waals surface area contributed by atoms with E-state index in [2.05, 4.69) is 5.32 Å². The summed E-state index contributed by atoms with van der Waals surface area (Å²) in [6.45, 7) is -0.0298. The fourth-order valence-corrected chi connectivity index (χ4v) is 1.88. The molecule has 0 saturated heterocycles. The van der Waals surface area contributed by atoms with Gasteiger partial charge in [0.15, 0.2) is 0 Å². The minimum Gasteiger partial charge on any atom is -0.497 e. The number of methoxy groups -OCH3 is 2. The molecule has 110 valence electrons. The molecule has 0 bridgehead atoms. The fraction of sp³-hybridized carbons (Fsp3) is 0.188. The molecule has 2 aromatic rings. The Morgan fingerprint density at radius 1 is 1.10 bits per heavy atom. The zero-order valence-corrected chi connectivity index (χ0v) is 11.9. The first kappa shape index (κ1) is 14.9. The fourth-order valence-electron chi connectivity index (χ4n) is 1.88. The number of anilines is 1. The van der Waals surface area contributed by atoms with Crippen LogP contribution < -0.4 is 14.8 Å². The van der Waals surface area contributed by atoms with Crippen molar-refractivity contribution in [2.45, 2.75) is 6.61 Å². The zero-order valence-electron chi connectivity index (χ0n) is 11.9. The van der Waals surface area contributed by atoms with E-state index in [-0.39, 0.29) is 12.5 Å². The molecule has 0 aromatic heterocycles. The Kier molecular flexibility index (Phi) is 4.79. The van der Waals surface area contributed by atoms with Crippen molar-refractivity contribution >= 4 is 11.6 Å². The maximum atomic E-state index is 12.3. The standard InChI is InChI=1S/C16H17NO4/c1-20-13-7-8-15(21-2)14(9-13)16(19)17-12-5-3-11(10-18)4-6-12/h3-9,18H,10H2,1-2H3,(H,17,19). The Hall–Kier alpha value is -2.53. The molecule has 0 atom stereocenters. The molecule has 21 heavy (non-hydrogen) atoms. The van der Waals surface area contributed by atoms with Crippen LogP contribution in [0.25, 0.3) is 0 Å². The van der Waals surface area contributed by atoms with Crippen molar-refractivity contribution in [2.24, 2.45) is 0 Å². The first-order chi connectivity index (χ1) is 10.2. The third-order valence-corrected chi connectivity index (χ3v) is 3.05. The van der Waals surface area contributed by atoms with E-state index in [4.69, 9.17) is 14.6 Å². The minimum absolute atomic E-state index is 0.0298. The molecule has 1 amide bonds. The third-order valence-electron chi connectivity index (χ3n) is 3.05. The summed E-state index contributed by atoms with van der Waals surface area (Å²) >= 11 is 0. The predicted octanol–water partition coefficient (Wildman–Crippen LogP) is 2.45. The first-order valence-electron chi connectivity index (χ1n) is 6.41. The van der Waals surface area contributed by atoms with Crippen molar-refractivity contribution in [1.29, 1.82) is 0 Å². The third kappa shape index (κ3) is 3.52. The number of carbonyl (C=O) groups excluding carboxylic acids is 1. The van der Waals surface area contributed by atoms with Crippen molar-refractivity contribution in [2.75, 3.05) is 19.5 Å². The highest BCUT2D eigenvalue weighted by Crippen LogP contribution is 2.25. The Balaban J connectivity index is 2.22. The van der Waals surface area contributed by atoms with Gasteiger partial charge in [0.1, 0.15) is 11.5 Å². The molecule has 2 aromatic carbocycles. The van der Waals surface area contributed by atoms with Crippen LogP contribution in [-0.4, -0.2) is 25.2 Å². The molecule has 5 nitrogen and oxygen atoms in total. The smallest absolute Gasteiger partial charge is 0.259 e. The number of aliphatic hydroxyl groups is 1. The number of benzene rings is 2. The Bertz CT molecular complexity index is 623. The number of carbonyl (C=O) groups is 1. The Morgan fingerprint density at radius 2 is 1.81 bits per heavy atom. The molecule has 0 unspecified atom stereocenters. The van der Waals surface area contributed by atoms with Crippen LogP contribution in [0, 0.1) is 0 Å². The number of amides is 1. The summed E-state index contributed by atoms with van der Waals surface area (Å²) in [5.74, 6) is 0.763. The number of aliphatic hydroxyl groups excluding tert-OH is 1. The summed E-state index contributed by atoms with van der Waals surface area (Å²) in [6, 6.07) is 12.0. The van der Waals surface area contributed by atoms with Crippen molar-refractivity contribution in [3.05, 3.63) is 53.6 Å². The normalized spacial score (nSPS) is 10.0. The number of hydrogen-bond acceptors (Lipinski definition) is 4. The second kappa shape index (κ2) is 6.76. The lowest BCUT2D eigenvalue weighted by atomic mass is 10.1. The van der Waals surface area contributed by atoms with Crippen LogP contribution in [0.1, 0.15) is 15.9 Å². The zero-order chi connectivity index (χ0) is 15.2. The molecule has 0 aliphatic carbocycles. The predicted molar refractivity (Wildman–Crippen MR) is 79.9 cm³/mol. The Morgan fingerprint density at radius 3 is 2.38 bits per heavy atom. The highest BCUT2D eigenvalue weighted by Gasteiger charge is 2.13. The van der Waals surface area contributed by atoms with Gasteiger partial charge in [-0.1, -0.05) is 12.1 Å². The molecule has 2 N–H and O–H groups in total. The van der Waals surface area contributed by atoms with Gasteiger partial charge >= 0.3 is 0 Å². The van der Waals surface area contributed by atoms with Crippen molar-refractivity contribution in [3.63, 3.8) is 0 Å². The van der Waals surface area contributed by atoms with Gasteiger partial charge in [-0.05, 0) is 35.9 Å². The summed E-state index contributed by atoms with van der Waals surface area (Å²) in [4.78, 5) is 12.3. The van der Waals surface area contributed by atoms with Crippen LogP contribution in [0.2, 0.25) is 0 Å². The van der Waals surface area contributed by atoms with E-state index in [0.29, 0.717) is 22.7 Å². The lowest BCUT2D eigenvalue weighted by Crippen LogP contribution is -2.13. The molecule has 5 heteroatoms. The molecular formula is C16H17NO4. The maximum Gasteiger partial charge on any atom is 0.259 e. The molecular weight excluding hydrogens is 270 g/mol. The van der Waals surface area contributed by atoms with Gasteiger partial charge in [-0.3, -0.25) is 4.79 Å². The van der Waals surface area contributed by atoms with Crippen LogP contribution >= 0.6 is 0 Å². The van der Waals surface area contributed by atoms with Gasteiger partial charge in [0.25, 0.3) is 5.91 Å². The number of nitrogens with one attached hydrogen (secondary N) is 1. The highest BCUT2D eigenvalue weighted by molar-refractivity contribution is 6.06. The van der Waals surface area contributed by atoms with Gasteiger partial charge in [0.2, 0.25) is 0 Å². The second-order valence-corrected chi connectivity index (χ2v) is 4.38. The molecule has 2 rings (SSSR count).